The molecule has 2 fully saturated rings. The van der Waals surface area contributed by atoms with Crippen molar-refractivity contribution in [1.29, 1.82) is 0 Å². The Balaban J connectivity index is 0.000000428. The van der Waals surface area contributed by atoms with Crippen LogP contribution >= 0.6 is 31.9 Å². The molecule has 3 atom stereocenters. The van der Waals surface area contributed by atoms with Crippen molar-refractivity contribution in [2.45, 2.75) is 73.6 Å². The molecule has 16 heteroatoms. The monoisotopic (exact) mass is 1030 g/mol. The molecule has 2 aliphatic heterocycles. The van der Waals surface area contributed by atoms with Gasteiger partial charge in [0.2, 0.25) is 0 Å². The minimum Gasteiger partial charge on any atom is -1.00 e. The van der Waals surface area contributed by atoms with Crippen LogP contribution in [0.4, 0.5) is 22.7 Å². The molecule has 4 aromatic carbocycles. The number of carbonyl (C=O) groups excluding carboxylic acids is 1. The van der Waals surface area contributed by atoms with Gasteiger partial charge in [-0.25, -0.2) is 9.59 Å². The summed E-state index contributed by atoms with van der Waals surface area (Å²) >= 11 is 6.98. The summed E-state index contributed by atoms with van der Waals surface area (Å²) < 4.78 is 8.58. The molecule has 6 aromatic rings. The fraction of sp³-hybridized carbons (Fsp3) is 0.380. The van der Waals surface area contributed by atoms with Crippen molar-refractivity contribution in [1.82, 2.24) is 18.3 Å². The molecule has 2 aromatic heterocycles. The van der Waals surface area contributed by atoms with Gasteiger partial charge >= 0.3 is 40.9 Å². The topological polar surface area (TPSA) is 104 Å². The summed E-state index contributed by atoms with van der Waals surface area (Å²) in [5.41, 5.74) is 6.16. The van der Waals surface area contributed by atoms with Gasteiger partial charge in [-0.3, -0.25) is 23.1 Å². The SMILES string of the molecule is C.C.CCC(C(C)=O)n1ccn(-c2ccc(N3CCN(c4ccc(Br)cc4)CC3)cc2)c1=O.CCC(C(C)O)n1ccn(-c2ccc(N3CCN(c4ccc(Br)cc4)CC3)cc2)c1=O.[B].[H-].[Na+]. The predicted molar refractivity (Wildman–Crippen MR) is 279 cm³/mol. The summed E-state index contributed by atoms with van der Waals surface area (Å²) in [4.78, 5) is 47.1. The van der Waals surface area contributed by atoms with Crippen molar-refractivity contribution in [2.24, 2.45) is 0 Å². The van der Waals surface area contributed by atoms with Crippen molar-refractivity contribution >= 4 is 68.8 Å². The van der Waals surface area contributed by atoms with Gasteiger partial charge in [-0.15, -0.1) is 0 Å². The number of benzene rings is 4. The molecule has 66 heavy (non-hydrogen) atoms. The number of carbonyl (C=O) groups is 1. The number of aliphatic hydroxyl groups excluding tert-OH is 1. The zero-order valence-corrected chi connectivity index (χ0v) is 42.6. The second-order valence-electron chi connectivity index (χ2n) is 15.9. The predicted octanol–water partition coefficient (Wildman–Crippen LogP) is 6.34. The average molecular weight is 1040 g/mol. The molecule has 12 nitrogen and oxygen atoms in total. The third kappa shape index (κ3) is 13.0. The summed E-state index contributed by atoms with van der Waals surface area (Å²) in [5, 5.41) is 9.97. The molecule has 4 heterocycles. The van der Waals surface area contributed by atoms with Crippen molar-refractivity contribution < 1.29 is 40.9 Å². The van der Waals surface area contributed by atoms with Crippen molar-refractivity contribution in [2.75, 3.05) is 72.0 Å². The van der Waals surface area contributed by atoms with Gasteiger partial charge < -0.3 is 26.1 Å². The summed E-state index contributed by atoms with van der Waals surface area (Å²) in [6, 6.07) is 32.5. The van der Waals surface area contributed by atoms with Gasteiger partial charge in [-0.2, -0.15) is 0 Å². The van der Waals surface area contributed by atoms with E-state index < -0.39 is 12.1 Å². The standard InChI is InChI=1S/C24H29BrN4O2.C24H27BrN4O2.2CH4.B.Na.H/c2*1-3-23(18(2)30)29-17-16-28(24(29)31)22-10-8-21(9-11-22)27-14-12-26(13-15-27)20-6-4-19(25)5-7-20;;;;;/h4-11,16-18,23,30H,3,12-15H2,1-2H3;4-11,16-17,23H,3,12-15H2,1-2H3;2*1H4;;;/q;;;;;+1;-1. The Labute approximate surface area is 433 Å². The van der Waals surface area contributed by atoms with E-state index in [1.165, 1.54) is 28.6 Å². The van der Waals surface area contributed by atoms with Gasteiger partial charge in [-0.05, 0) is 124 Å². The maximum Gasteiger partial charge on any atom is 1.00 e. The van der Waals surface area contributed by atoms with Gasteiger partial charge in [0, 0.05) is 117 Å². The largest absolute Gasteiger partial charge is 1.00 e. The van der Waals surface area contributed by atoms with Gasteiger partial charge in [-0.1, -0.05) is 60.6 Å². The number of aliphatic hydroxyl groups is 1. The molecule has 0 aliphatic carbocycles. The smallest absolute Gasteiger partial charge is 1.00 e. The zero-order chi connectivity index (χ0) is 43.9. The number of rotatable bonds is 12. The van der Waals surface area contributed by atoms with Crippen LogP contribution < -0.4 is 60.5 Å². The number of piperazine rings is 2. The molecular formula is C50H65BBr2N8NaO4. The van der Waals surface area contributed by atoms with Crippen molar-refractivity contribution in [3.8, 4) is 11.4 Å². The number of hydrogen-bond acceptors (Lipinski definition) is 8. The van der Waals surface area contributed by atoms with Crippen molar-refractivity contribution in [3.05, 3.63) is 152 Å². The Hall–Kier alpha value is -4.25. The summed E-state index contributed by atoms with van der Waals surface area (Å²) in [6.45, 7) is 14.8. The van der Waals surface area contributed by atoms with Gasteiger partial charge in [0.25, 0.3) is 0 Å². The third-order valence-corrected chi connectivity index (χ3v) is 13.1. The van der Waals surface area contributed by atoms with E-state index in [1.807, 2.05) is 38.1 Å². The van der Waals surface area contributed by atoms with Crippen LogP contribution in [0, 0.1) is 0 Å². The summed E-state index contributed by atoms with van der Waals surface area (Å²) in [6.07, 6.45) is 7.71. The number of halogens is 2. The molecule has 0 amide bonds. The molecule has 3 unspecified atom stereocenters. The number of nitrogens with zero attached hydrogens (tertiary/aromatic N) is 8. The van der Waals surface area contributed by atoms with Gasteiger partial charge in [0.1, 0.15) is 0 Å². The second kappa shape index (κ2) is 25.8. The van der Waals surface area contributed by atoms with Gasteiger partial charge in [0.05, 0.1) is 29.6 Å². The number of aromatic nitrogens is 4. The molecule has 0 saturated carbocycles. The first-order valence-electron chi connectivity index (χ1n) is 21.4. The van der Waals surface area contributed by atoms with Crippen LogP contribution in [0.15, 0.2) is 140 Å². The number of anilines is 4. The molecule has 2 aliphatic rings. The molecule has 1 N–H and O–H groups in total. The zero-order valence-electron chi connectivity index (χ0n) is 38.4. The Morgan fingerprint density at radius 1 is 0.545 bits per heavy atom. The fourth-order valence-electron chi connectivity index (χ4n) is 8.51. The first kappa shape index (κ1) is 56.1. The van der Waals surface area contributed by atoms with E-state index in [4.69, 9.17) is 0 Å². The second-order valence-corrected chi connectivity index (χ2v) is 17.7. The normalized spacial score (nSPS) is 14.8. The average Bonchev–Trinajstić information content (AvgIpc) is 3.86. The van der Waals surface area contributed by atoms with Gasteiger partial charge in [0.15, 0.2) is 5.78 Å². The Morgan fingerprint density at radius 2 is 0.833 bits per heavy atom. The molecule has 3 radical (unpaired) electrons. The molecular weight excluding hydrogens is 970 g/mol. The van der Waals surface area contributed by atoms with Crippen LogP contribution in [0.25, 0.3) is 11.4 Å². The first-order chi connectivity index (χ1) is 29.9. The van der Waals surface area contributed by atoms with Crippen LogP contribution in [0.2, 0.25) is 0 Å². The maximum absolute atomic E-state index is 12.8. The maximum atomic E-state index is 12.8. The van der Waals surface area contributed by atoms with E-state index in [0.29, 0.717) is 12.8 Å². The first-order valence-corrected chi connectivity index (χ1v) is 23.0. The Kier molecular flexibility index (Phi) is 21.9. The summed E-state index contributed by atoms with van der Waals surface area (Å²) in [7, 11) is 0. The molecule has 8 rings (SSSR count). The van der Waals surface area contributed by atoms with Crippen LogP contribution in [0.3, 0.4) is 0 Å². The number of imidazole rings is 2. The minimum atomic E-state index is -0.572. The number of ketones is 1. The Bertz CT molecular complexity index is 2520. The van der Waals surface area contributed by atoms with Crippen LogP contribution in [0.5, 0.6) is 0 Å². The van der Waals surface area contributed by atoms with E-state index in [0.717, 1.165) is 78.4 Å². The fourth-order valence-corrected chi connectivity index (χ4v) is 9.04. The number of hydrogen-bond donors (Lipinski definition) is 1. The van der Waals surface area contributed by atoms with E-state index in [9.17, 15) is 19.5 Å². The van der Waals surface area contributed by atoms with Crippen LogP contribution in [-0.2, 0) is 4.79 Å². The van der Waals surface area contributed by atoms with E-state index >= 15 is 0 Å². The molecule has 0 bridgehead atoms. The molecule has 2 saturated heterocycles. The molecule has 347 valence electrons. The van der Waals surface area contributed by atoms with Crippen LogP contribution in [-0.4, -0.2) is 96.0 Å². The van der Waals surface area contributed by atoms with Crippen LogP contribution in [0.1, 0.15) is 68.9 Å². The van der Waals surface area contributed by atoms with E-state index in [1.54, 1.807) is 45.4 Å². The summed E-state index contributed by atoms with van der Waals surface area (Å²) in [5.74, 6) is -0.0000208. The quantitative estimate of drug-likeness (QED) is 0.142. The number of Topliss-reactive ketones (excluding diaryl/α,β-unsaturated/α-hetero) is 1. The minimum absolute atomic E-state index is 0. The van der Waals surface area contributed by atoms with E-state index in [-0.39, 0.29) is 77.5 Å². The molecule has 0 spiro atoms. The third-order valence-electron chi connectivity index (χ3n) is 12.1. The Morgan fingerprint density at radius 3 is 1.12 bits per heavy atom. The van der Waals surface area contributed by atoms with E-state index in [2.05, 4.69) is 124 Å². The van der Waals surface area contributed by atoms with Crippen molar-refractivity contribution in [3.63, 3.8) is 0 Å².